The van der Waals surface area contributed by atoms with Crippen LogP contribution in [0.1, 0.15) is 55.5 Å². The lowest BCUT2D eigenvalue weighted by molar-refractivity contribution is -0.134. The monoisotopic (exact) mass is 446 g/mol. The smallest absolute Gasteiger partial charge is 0.328 e. The SMILES string of the molecule is CN1C2CCC1CC(NC(=O)c1cc(O)cc3c1OC(C)(C)C3)C2.O=C(O)/C=C\C(=O)O. The van der Waals surface area contributed by atoms with E-state index >= 15 is 0 Å². The van der Waals surface area contributed by atoms with Crippen LogP contribution in [0.15, 0.2) is 24.3 Å². The molecule has 9 heteroatoms. The number of fused-ring (bicyclic) bond motifs is 3. The quantitative estimate of drug-likeness (QED) is 0.517. The van der Waals surface area contributed by atoms with E-state index in [1.807, 2.05) is 13.8 Å². The summed E-state index contributed by atoms with van der Waals surface area (Å²) in [5.41, 5.74) is 1.04. The molecule has 2 fully saturated rings. The molecule has 32 heavy (non-hydrogen) atoms. The van der Waals surface area contributed by atoms with Crippen LogP contribution in [0.25, 0.3) is 0 Å². The number of amides is 1. The van der Waals surface area contributed by atoms with Crippen LogP contribution >= 0.6 is 0 Å². The molecule has 1 aromatic carbocycles. The van der Waals surface area contributed by atoms with Crippen molar-refractivity contribution in [3.8, 4) is 11.5 Å². The first-order valence-corrected chi connectivity index (χ1v) is 10.7. The fraction of sp³-hybridized carbons (Fsp3) is 0.522. The van der Waals surface area contributed by atoms with Gasteiger partial charge in [-0.2, -0.15) is 0 Å². The van der Waals surface area contributed by atoms with E-state index in [1.54, 1.807) is 6.07 Å². The van der Waals surface area contributed by atoms with Gasteiger partial charge in [-0.25, -0.2) is 9.59 Å². The third-order valence-electron chi connectivity index (χ3n) is 6.19. The molecule has 2 saturated heterocycles. The molecule has 0 aromatic heterocycles. The average molecular weight is 447 g/mol. The zero-order chi connectivity index (χ0) is 23.6. The molecule has 0 radical (unpaired) electrons. The highest BCUT2D eigenvalue weighted by Crippen LogP contribution is 2.40. The minimum atomic E-state index is -1.26. The number of carbonyl (C=O) groups excluding carboxylic acids is 1. The van der Waals surface area contributed by atoms with Gasteiger partial charge >= 0.3 is 11.9 Å². The van der Waals surface area contributed by atoms with Crippen molar-refractivity contribution in [2.45, 2.75) is 69.7 Å². The first kappa shape index (κ1) is 23.6. The normalized spacial score (nSPS) is 25.4. The Balaban J connectivity index is 0.000000312. The van der Waals surface area contributed by atoms with E-state index in [-0.39, 0.29) is 23.3 Å². The van der Waals surface area contributed by atoms with Gasteiger partial charge < -0.3 is 30.3 Å². The number of aromatic hydroxyl groups is 1. The van der Waals surface area contributed by atoms with Crippen LogP contribution in [0.3, 0.4) is 0 Å². The number of carboxylic acid groups (broad SMARTS) is 2. The number of hydrogen-bond acceptors (Lipinski definition) is 6. The molecule has 4 N–H and O–H groups in total. The standard InChI is InChI=1S/C19H26N2O3.C4H4O4/c1-19(2)10-11-6-15(22)9-16(17(11)24-19)18(23)20-12-7-13-4-5-14(8-12)21(13)3;5-3(6)1-2-4(7)8/h6,9,12-14,22H,4-5,7-8,10H2,1-3H3,(H,20,23);1-2H,(H,5,6)(H,7,8)/b;2-1-. The minimum Gasteiger partial charge on any atom is -0.508 e. The number of carboxylic acids is 2. The molecule has 2 unspecified atom stereocenters. The maximum absolute atomic E-state index is 12.8. The molecule has 3 aliphatic rings. The highest BCUT2D eigenvalue weighted by molar-refractivity contribution is 5.98. The number of piperidine rings is 1. The second kappa shape index (κ2) is 9.20. The number of hydrogen-bond donors (Lipinski definition) is 4. The largest absolute Gasteiger partial charge is 0.508 e. The molecule has 0 aliphatic carbocycles. The minimum absolute atomic E-state index is 0.128. The number of nitrogens with zero attached hydrogens (tertiary/aromatic N) is 1. The number of phenols is 1. The van der Waals surface area contributed by atoms with Crippen LogP contribution in [0.5, 0.6) is 11.5 Å². The summed E-state index contributed by atoms with van der Waals surface area (Å²) in [6.07, 6.45) is 6.29. The van der Waals surface area contributed by atoms with Crippen LogP contribution in [0, 0.1) is 0 Å². The molecule has 3 heterocycles. The Hall–Kier alpha value is -3.07. The van der Waals surface area contributed by atoms with Gasteiger partial charge in [0.15, 0.2) is 0 Å². The maximum atomic E-state index is 12.8. The summed E-state index contributed by atoms with van der Waals surface area (Å²) in [6, 6.07) is 4.60. The van der Waals surface area contributed by atoms with Gasteiger partial charge in [0.2, 0.25) is 0 Å². The van der Waals surface area contributed by atoms with Crippen molar-refractivity contribution in [2.75, 3.05) is 7.05 Å². The third-order valence-corrected chi connectivity index (χ3v) is 6.19. The number of ether oxygens (including phenoxy) is 1. The van der Waals surface area contributed by atoms with Crippen molar-refractivity contribution in [1.29, 1.82) is 0 Å². The van der Waals surface area contributed by atoms with E-state index < -0.39 is 11.9 Å². The fourth-order valence-corrected chi connectivity index (χ4v) is 4.80. The summed E-state index contributed by atoms with van der Waals surface area (Å²) in [4.78, 5) is 34.4. The molecule has 4 rings (SSSR count). The zero-order valence-corrected chi connectivity index (χ0v) is 18.5. The summed E-state index contributed by atoms with van der Waals surface area (Å²) in [5.74, 6) is -1.89. The highest BCUT2D eigenvalue weighted by Gasteiger charge is 2.40. The van der Waals surface area contributed by atoms with Crippen LogP contribution in [-0.2, 0) is 16.0 Å². The molecule has 3 aliphatic heterocycles. The highest BCUT2D eigenvalue weighted by atomic mass is 16.5. The molecule has 2 atom stereocenters. The van der Waals surface area contributed by atoms with Crippen molar-refractivity contribution in [1.82, 2.24) is 10.2 Å². The lowest BCUT2D eigenvalue weighted by atomic mass is 9.97. The second-order valence-corrected chi connectivity index (χ2v) is 9.22. The van der Waals surface area contributed by atoms with E-state index in [0.29, 0.717) is 42.0 Å². The van der Waals surface area contributed by atoms with Gasteiger partial charge in [-0.05, 0) is 58.7 Å². The molecule has 1 aromatic rings. The van der Waals surface area contributed by atoms with Crippen molar-refractivity contribution in [3.63, 3.8) is 0 Å². The summed E-state index contributed by atoms with van der Waals surface area (Å²) in [5, 5.41) is 28.8. The van der Waals surface area contributed by atoms with Crippen molar-refractivity contribution >= 4 is 17.8 Å². The molecular formula is C23H30N2O7. The molecule has 2 bridgehead atoms. The predicted octanol–water partition coefficient (Wildman–Crippen LogP) is 2.17. The lowest BCUT2D eigenvalue weighted by Gasteiger charge is -2.36. The van der Waals surface area contributed by atoms with Crippen LogP contribution in [-0.4, -0.2) is 68.8 Å². The second-order valence-electron chi connectivity index (χ2n) is 9.22. The Bertz CT molecular complexity index is 911. The molecular weight excluding hydrogens is 416 g/mol. The van der Waals surface area contributed by atoms with Crippen LogP contribution in [0.2, 0.25) is 0 Å². The number of benzene rings is 1. The van der Waals surface area contributed by atoms with Crippen molar-refractivity contribution < 1.29 is 34.4 Å². The zero-order valence-electron chi connectivity index (χ0n) is 18.5. The number of phenolic OH excluding ortho intramolecular Hbond substituents is 1. The van der Waals surface area contributed by atoms with E-state index in [1.165, 1.54) is 18.9 Å². The van der Waals surface area contributed by atoms with E-state index in [9.17, 15) is 19.5 Å². The van der Waals surface area contributed by atoms with Gasteiger partial charge in [-0.3, -0.25) is 4.79 Å². The molecule has 9 nitrogen and oxygen atoms in total. The average Bonchev–Trinajstić information content (AvgIpc) is 3.08. The Kier molecular flexibility index (Phi) is 6.78. The fourth-order valence-electron chi connectivity index (χ4n) is 4.80. The predicted molar refractivity (Wildman–Crippen MR) is 116 cm³/mol. The molecule has 1 amide bonds. The van der Waals surface area contributed by atoms with Crippen molar-refractivity contribution in [3.05, 3.63) is 35.4 Å². The van der Waals surface area contributed by atoms with Gasteiger partial charge in [0.1, 0.15) is 17.1 Å². The Morgan fingerprint density at radius 1 is 1.09 bits per heavy atom. The Labute approximate surface area is 186 Å². The topological polar surface area (TPSA) is 136 Å². The summed E-state index contributed by atoms with van der Waals surface area (Å²) in [6.45, 7) is 4.00. The van der Waals surface area contributed by atoms with Crippen molar-refractivity contribution in [2.24, 2.45) is 0 Å². The summed E-state index contributed by atoms with van der Waals surface area (Å²) < 4.78 is 5.98. The molecule has 174 valence electrons. The van der Waals surface area contributed by atoms with Gasteiger partial charge in [0.05, 0.1) is 5.56 Å². The van der Waals surface area contributed by atoms with Crippen LogP contribution in [0.4, 0.5) is 0 Å². The summed E-state index contributed by atoms with van der Waals surface area (Å²) >= 11 is 0. The molecule has 0 saturated carbocycles. The third kappa shape index (κ3) is 5.59. The first-order chi connectivity index (χ1) is 14.9. The Morgan fingerprint density at radius 2 is 1.66 bits per heavy atom. The van der Waals surface area contributed by atoms with E-state index in [2.05, 4.69) is 17.3 Å². The Morgan fingerprint density at radius 3 is 2.19 bits per heavy atom. The van der Waals surface area contributed by atoms with Gasteiger partial charge in [-0.15, -0.1) is 0 Å². The van der Waals surface area contributed by atoms with Crippen LogP contribution < -0.4 is 10.1 Å². The maximum Gasteiger partial charge on any atom is 0.328 e. The van der Waals surface area contributed by atoms with Gasteiger partial charge in [0.25, 0.3) is 5.91 Å². The van der Waals surface area contributed by atoms with E-state index in [0.717, 1.165) is 18.4 Å². The number of rotatable bonds is 4. The number of nitrogens with one attached hydrogen (secondary N) is 1. The lowest BCUT2D eigenvalue weighted by Crippen LogP contribution is -2.48. The van der Waals surface area contributed by atoms with Gasteiger partial charge in [-0.1, -0.05) is 0 Å². The number of aliphatic carboxylic acids is 2. The summed E-state index contributed by atoms with van der Waals surface area (Å²) in [7, 11) is 2.19. The first-order valence-electron chi connectivity index (χ1n) is 10.7. The van der Waals surface area contributed by atoms with Gasteiger partial charge in [0, 0.05) is 42.3 Å². The number of carbonyl (C=O) groups is 3. The van der Waals surface area contributed by atoms with E-state index in [4.69, 9.17) is 14.9 Å². The molecule has 0 spiro atoms.